The molecular weight excluding hydrogens is 274 g/mol. The molecular formula is C14H25N3O4. The fourth-order valence-electron chi connectivity index (χ4n) is 2.30. The lowest BCUT2D eigenvalue weighted by atomic mass is 10.1. The summed E-state index contributed by atoms with van der Waals surface area (Å²) in [7, 11) is 0. The van der Waals surface area contributed by atoms with Gasteiger partial charge >= 0.3 is 12.0 Å². The molecule has 1 atom stereocenters. The maximum Gasteiger partial charge on any atom is 0.323 e. The quantitative estimate of drug-likeness (QED) is 0.762. The Hall–Kier alpha value is -1.79. The smallest absolute Gasteiger partial charge is 0.323 e. The molecule has 7 heteroatoms. The van der Waals surface area contributed by atoms with Crippen molar-refractivity contribution in [3.05, 3.63) is 0 Å². The number of carboxylic acid groups (broad SMARTS) is 1. The van der Waals surface area contributed by atoms with E-state index in [1.807, 2.05) is 6.92 Å². The molecule has 0 bridgehead atoms. The molecule has 7 nitrogen and oxygen atoms in total. The van der Waals surface area contributed by atoms with Gasteiger partial charge < -0.3 is 20.2 Å². The van der Waals surface area contributed by atoms with Crippen LogP contribution in [0.4, 0.5) is 4.79 Å². The minimum Gasteiger partial charge on any atom is -0.480 e. The van der Waals surface area contributed by atoms with E-state index in [-0.39, 0.29) is 25.0 Å². The Balaban J connectivity index is 2.48. The van der Waals surface area contributed by atoms with E-state index < -0.39 is 12.0 Å². The first-order chi connectivity index (χ1) is 9.95. The van der Waals surface area contributed by atoms with Crippen molar-refractivity contribution >= 4 is 17.9 Å². The van der Waals surface area contributed by atoms with Gasteiger partial charge in [0.05, 0.1) is 6.54 Å². The second kappa shape index (κ2) is 8.49. The summed E-state index contributed by atoms with van der Waals surface area (Å²) in [5, 5.41) is 11.4. The van der Waals surface area contributed by atoms with Crippen LogP contribution in [0.25, 0.3) is 0 Å². The van der Waals surface area contributed by atoms with Crippen LogP contribution in [0, 0.1) is 0 Å². The zero-order chi connectivity index (χ0) is 15.8. The first-order valence-electron chi connectivity index (χ1n) is 7.49. The number of carbonyl (C=O) groups excluding carboxylic acids is 2. The first-order valence-corrected chi connectivity index (χ1v) is 7.49. The molecule has 0 aromatic heterocycles. The Morgan fingerprint density at radius 3 is 2.38 bits per heavy atom. The van der Waals surface area contributed by atoms with Crippen LogP contribution < -0.4 is 5.32 Å². The van der Waals surface area contributed by atoms with Crippen molar-refractivity contribution in [2.45, 2.75) is 45.6 Å². The molecule has 1 fully saturated rings. The summed E-state index contributed by atoms with van der Waals surface area (Å²) < 4.78 is 0. The number of carbonyl (C=O) groups is 3. The van der Waals surface area contributed by atoms with E-state index in [9.17, 15) is 14.4 Å². The summed E-state index contributed by atoms with van der Waals surface area (Å²) >= 11 is 0. The van der Waals surface area contributed by atoms with Gasteiger partial charge in [-0.3, -0.25) is 9.59 Å². The average molecular weight is 299 g/mol. The lowest BCUT2D eigenvalue weighted by molar-refractivity contribution is -0.138. The zero-order valence-corrected chi connectivity index (χ0v) is 12.8. The Morgan fingerprint density at radius 1 is 1.24 bits per heavy atom. The SMILES string of the molecule is CCC(C)N(CC(=O)O)C(=O)NCC(=O)N1CCCCC1. The Bertz CT molecular complexity index is 380. The van der Waals surface area contributed by atoms with Crippen LogP contribution >= 0.6 is 0 Å². The molecule has 1 aliphatic rings. The van der Waals surface area contributed by atoms with Gasteiger partial charge in [0.1, 0.15) is 6.54 Å². The second-order valence-corrected chi connectivity index (χ2v) is 5.38. The van der Waals surface area contributed by atoms with Gasteiger partial charge in [0, 0.05) is 19.1 Å². The highest BCUT2D eigenvalue weighted by Gasteiger charge is 2.23. The number of nitrogens with zero attached hydrogens (tertiary/aromatic N) is 2. The van der Waals surface area contributed by atoms with Gasteiger partial charge in [0.2, 0.25) is 5.91 Å². The van der Waals surface area contributed by atoms with Crippen LogP contribution in [0.15, 0.2) is 0 Å². The van der Waals surface area contributed by atoms with E-state index in [0.717, 1.165) is 32.4 Å². The number of aliphatic carboxylic acids is 1. The molecule has 2 N–H and O–H groups in total. The van der Waals surface area contributed by atoms with Crippen LogP contribution in [-0.2, 0) is 9.59 Å². The number of likely N-dealkylation sites (tertiary alicyclic amines) is 1. The van der Waals surface area contributed by atoms with Crippen LogP contribution in [0.1, 0.15) is 39.5 Å². The third kappa shape index (κ3) is 5.61. The third-order valence-electron chi connectivity index (χ3n) is 3.79. The van der Waals surface area contributed by atoms with Gasteiger partial charge in [-0.25, -0.2) is 4.79 Å². The summed E-state index contributed by atoms with van der Waals surface area (Å²) in [5.41, 5.74) is 0. The summed E-state index contributed by atoms with van der Waals surface area (Å²) in [5.74, 6) is -1.17. The predicted octanol–water partition coefficient (Wildman–Crippen LogP) is 0.894. The van der Waals surface area contributed by atoms with Gasteiger partial charge in [-0.15, -0.1) is 0 Å². The molecule has 1 heterocycles. The summed E-state index contributed by atoms with van der Waals surface area (Å²) in [6, 6.07) is -0.691. The third-order valence-corrected chi connectivity index (χ3v) is 3.79. The number of hydrogen-bond acceptors (Lipinski definition) is 3. The molecule has 120 valence electrons. The topological polar surface area (TPSA) is 90.0 Å². The fraction of sp³-hybridized carbons (Fsp3) is 0.786. The molecule has 0 aromatic rings. The van der Waals surface area contributed by atoms with Crippen molar-refractivity contribution in [2.24, 2.45) is 0 Å². The molecule has 3 amide bonds. The lowest BCUT2D eigenvalue weighted by Crippen LogP contribution is -2.50. The summed E-state index contributed by atoms with van der Waals surface area (Å²) in [6.07, 6.45) is 3.78. The fourth-order valence-corrected chi connectivity index (χ4v) is 2.30. The maximum atomic E-state index is 12.0. The van der Waals surface area contributed by atoms with Crippen LogP contribution in [0.2, 0.25) is 0 Å². The van der Waals surface area contributed by atoms with E-state index in [0.29, 0.717) is 6.42 Å². The minimum absolute atomic E-state index is 0.0780. The number of nitrogens with one attached hydrogen (secondary N) is 1. The Morgan fingerprint density at radius 2 is 1.86 bits per heavy atom. The molecule has 0 saturated carbocycles. The second-order valence-electron chi connectivity index (χ2n) is 5.38. The van der Waals surface area contributed by atoms with Gasteiger partial charge in [0.15, 0.2) is 0 Å². The van der Waals surface area contributed by atoms with Gasteiger partial charge in [-0.2, -0.15) is 0 Å². The number of urea groups is 1. The van der Waals surface area contributed by atoms with E-state index in [1.54, 1.807) is 11.8 Å². The van der Waals surface area contributed by atoms with E-state index in [2.05, 4.69) is 5.32 Å². The van der Waals surface area contributed by atoms with Crippen molar-refractivity contribution in [1.82, 2.24) is 15.1 Å². The number of amides is 3. The van der Waals surface area contributed by atoms with Gasteiger partial charge in [0.25, 0.3) is 0 Å². The van der Waals surface area contributed by atoms with Crippen molar-refractivity contribution in [3.8, 4) is 0 Å². The maximum absolute atomic E-state index is 12.0. The summed E-state index contributed by atoms with van der Waals surface area (Å²) in [4.78, 5) is 37.8. The minimum atomic E-state index is -1.06. The van der Waals surface area contributed by atoms with E-state index in [4.69, 9.17) is 5.11 Å². The highest BCUT2D eigenvalue weighted by atomic mass is 16.4. The molecule has 0 spiro atoms. The normalized spacial score (nSPS) is 16.2. The molecule has 0 aliphatic carbocycles. The van der Waals surface area contributed by atoms with Crippen LogP contribution in [-0.4, -0.2) is 65.0 Å². The molecule has 1 aliphatic heterocycles. The first kappa shape index (κ1) is 17.3. The van der Waals surface area contributed by atoms with Crippen molar-refractivity contribution in [2.75, 3.05) is 26.2 Å². The van der Waals surface area contributed by atoms with E-state index >= 15 is 0 Å². The van der Waals surface area contributed by atoms with Gasteiger partial charge in [-0.05, 0) is 32.6 Å². The molecule has 1 saturated heterocycles. The molecule has 0 aromatic carbocycles. The molecule has 1 rings (SSSR count). The number of carboxylic acids is 1. The van der Waals surface area contributed by atoms with Gasteiger partial charge in [-0.1, -0.05) is 6.92 Å². The number of hydrogen-bond donors (Lipinski definition) is 2. The van der Waals surface area contributed by atoms with Crippen molar-refractivity contribution in [3.63, 3.8) is 0 Å². The zero-order valence-electron chi connectivity index (χ0n) is 12.8. The highest BCUT2D eigenvalue weighted by Crippen LogP contribution is 2.08. The highest BCUT2D eigenvalue weighted by molar-refractivity contribution is 5.85. The summed E-state index contributed by atoms with van der Waals surface area (Å²) in [6.45, 7) is 4.70. The number of rotatable bonds is 6. The average Bonchev–Trinajstić information content (AvgIpc) is 2.49. The van der Waals surface area contributed by atoms with Crippen molar-refractivity contribution in [1.29, 1.82) is 0 Å². The van der Waals surface area contributed by atoms with Crippen LogP contribution in [0.3, 0.4) is 0 Å². The molecule has 1 unspecified atom stereocenters. The Labute approximate surface area is 125 Å². The van der Waals surface area contributed by atoms with Crippen LogP contribution in [0.5, 0.6) is 0 Å². The number of piperidine rings is 1. The lowest BCUT2D eigenvalue weighted by Gasteiger charge is -2.29. The van der Waals surface area contributed by atoms with Crippen molar-refractivity contribution < 1.29 is 19.5 Å². The Kier molecular flexibility index (Phi) is 6.98. The molecule has 21 heavy (non-hydrogen) atoms. The van der Waals surface area contributed by atoms with E-state index in [1.165, 1.54) is 4.90 Å². The largest absolute Gasteiger partial charge is 0.480 e. The monoisotopic (exact) mass is 299 g/mol. The predicted molar refractivity (Wildman–Crippen MR) is 77.9 cm³/mol. The molecule has 0 radical (unpaired) electrons. The standard InChI is InChI=1S/C14H25N3O4/c1-3-11(2)17(10-13(19)20)14(21)15-9-12(18)16-7-5-4-6-8-16/h11H,3-10H2,1-2H3,(H,15,21)(H,19,20).